The van der Waals surface area contributed by atoms with Crippen molar-refractivity contribution in [3.05, 3.63) is 35.9 Å². The summed E-state index contributed by atoms with van der Waals surface area (Å²) < 4.78 is 76.8. The molecule has 0 bridgehead atoms. The van der Waals surface area contributed by atoms with E-state index in [9.17, 15) is 31.4 Å². The molecule has 0 fully saturated rings. The number of hydrogen-bond acceptors (Lipinski definition) is 1. The SMILES string of the molecule is CCC[CH2][Bi+][CH2]CCC.[O-]C(c1ccccc1)(C(F)(F)F)C(F)(F)F. The fourth-order valence-corrected chi connectivity index (χ4v) is 6.88. The molecule has 25 heavy (non-hydrogen) atoms. The van der Waals surface area contributed by atoms with Crippen LogP contribution in [0.25, 0.3) is 0 Å². The average Bonchev–Trinajstić information content (AvgIpc) is 2.53. The first kappa shape index (κ1) is 24.6. The van der Waals surface area contributed by atoms with Crippen molar-refractivity contribution in [2.24, 2.45) is 0 Å². The van der Waals surface area contributed by atoms with Crippen LogP contribution in [-0.4, -0.2) is 35.6 Å². The summed E-state index contributed by atoms with van der Waals surface area (Å²) in [6, 6.07) is 4.12. The van der Waals surface area contributed by atoms with Crippen LogP contribution in [0.4, 0.5) is 26.3 Å². The minimum atomic E-state index is -5.94. The van der Waals surface area contributed by atoms with Crippen LogP contribution in [-0.2, 0) is 5.60 Å². The number of hydrogen-bond donors (Lipinski definition) is 0. The molecule has 0 aromatic heterocycles. The Morgan fingerprint density at radius 2 is 1.20 bits per heavy atom. The molecule has 0 aliphatic heterocycles. The van der Waals surface area contributed by atoms with E-state index in [2.05, 4.69) is 13.8 Å². The van der Waals surface area contributed by atoms with Crippen LogP contribution in [0.3, 0.4) is 0 Å². The van der Waals surface area contributed by atoms with Crippen LogP contribution in [0.15, 0.2) is 30.3 Å². The predicted octanol–water partition coefficient (Wildman–Crippen LogP) is 5.49. The van der Waals surface area contributed by atoms with Crippen LogP contribution in [0, 0.1) is 0 Å². The summed E-state index contributed by atoms with van der Waals surface area (Å²) in [5, 5.41) is 11.1. The number of alkyl halides is 6. The van der Waals surface area contributed by atoms with Crippen LogP contribution in [0.1, 0.15) is 45.1 Å². The van der Waals surface area contributed by atoms with Gasteiger partial charge in [0.2, 0.25) is 0 Å². The van der Waals surface area contributed by atoms with Gasteiger partial charge in [-0.1, -0.05) is 30.3 Å². The summed E-state index contributed by atoms with van der Waals surface area (Å²) in [5.74, 6) is 0. The second-order valence-corrected chi connectivity index (χ2v) is 10.6. The maximum Gasteiger partial charge on any atom is 0.392 e. The molecule has 2 radical (unpaired) electrons. The number of rotatable bonds is 7. The first-order chi connectivity index (χ1) is 11.5. The summed E-state index contributed by atoms with van der Waals surface area (Å²) in [6.07, 6.45) is -6.02. The van der Waals surface area contributed by atoms with E-state index in [4.69, 9.17) is 0 Å². The fourth-order valence-electron chi connectivity index (χ4n) is 1.81. The molecule has 1 rings (SSSR count). The summed E-state index contributed by atoms with van der Waals surface area (Å²) >= 11 is 0.0681. The zero-order valence-electron chi connectivity index (χ0n) is 14.3. The van der Waals surface area contributed by atoms with Gasteiger partial charge < -0.3 is 5.11 Å². The van der Waals surface area contributed by atoms with E-state index in [1.165, 1.54) is 31.7 Å². The molecule has 0 atom stereocenters. The number of benzene rings is 1. The van der Waals surface area contributed by atoms with Gasteiger partial charge in [-0.3, -0.25) is 0 Å². The van der Waals surface area contributed by atoms with Crippen molar-refractivity contribution in [3.8, 4) is 0 Å². The first-order valence-corrected chi connectivity index (χ1v) is 13.0. The summed E-state index contributed by atoms with van der Waals surface area (Å²) in [4.78, 5) is 0. The third-order valence-corrected chi connectivity index (χ3v) is 8.24. The molecule has 0 aliphatic carbocycles. The van der Waals surface area contributed by atoms with Gasteiger partial charge in [0.05, 0.1) is 0 Å². The normalized spacial score (nSPS) is 12.5. The van der Waals surface area contributed by atoms with Crippen LogP contribution >= 0.6 is 0 Å². The third kappa shape index (κ3) is 7.82. The van der Waals surface area contributed by atoms with Gasteiger partial charge in [-0.2, -0.15) is 26.3 Å². The van der Waals surface area contributed by atoms with Crippen LogP contribution in [0.2, 0.25) is 8.26 Å². The van der Waals surface area contributed by atoms with Gasteiger partial charge in [0.15, 0.2) is 0 Å². The van der Waals surface area contributed by atoms with Crippen molar-refractivity contribution >= 4 is 23.2 Å². The zero-order chi connectivity index (χ0) is 19.6. The second kappa shape index (κ2) is 11.4. The molecule has 0 amide bonds. The maximum atomic E-state index is 12.3. The molecular formula is C17H23BiF6O. The molecule has 8 heteroatoms. The summed E-state index contributed by atoms with van der Waals surface area (Å²) in [6.45, 7) is 4.59. The Bertz CT molecular complexity index is 438. The van der Waals surface area contributed by atoms with Gasteiger partial charge in [0.25, 0.3) is 0 Å². The molecule has 1 aromatic rings. The van der Waals surface area contributed by atoms with Gasteiger partial charge in [-0.15, -0.1) is 0 Å². The Hall–Kier alpha value is -0.357. The van der Waals surface area contributed by atoms with Gasteiger partial charge in [-0.25, -0.2) is 0 Å². The number of unbranched alkanes of at least 4 members (excludes halogenated alkanes) is 2. The monoisotopic (exact) mass is 566 g/mol. The van der Waals surface area contributed by atoms with Gasteiger partial charge >= 0.3 is 83.4 Å². The average molecular weight is 566 g/mol. The van der Waals surface area contributed by atoms with Gasteiger partial charge in [-0.05, 0) is 5.56 Å². The smallest absolute Gasteiger partial charge is 0.392 e. The molecule has 0 N–H and O–H groups in total. The number of halogens is 6. The maximum absolute atomic E-state index is 12.3. The van der Waals surface area contributed by atoms with Gasteiger partial charge in [0.1, 0.15) is 5.60 Å². The molecule has 0 unspecified atom stereocenters. The van der Waals surface area contributed by atoms with Gasteiger partial charge in [0, 0.05) is 0 Å². The topological polar surface area (TPSA) is 23.1 Å². The fraction of sp³-hybridized carbons (Fsp3) is 0.647. The largest absolute Gasteiger partial charge is 0.833 e. The van der Waals surface area contributed by atoms with Crippen molar-refractivity contribution in [2.45, 2.75) is 65.7 Å². The minimum Gasteiger partial charge on any atom is -0.833 e. The van der Waals surface area contributed by atoms with E-state index in [0.29, 0.717) is 12.1 Å². The van der Waals surface area contributed by atoms with Crippen molar-refractivity contribution in [1.82, 2.24) is 0 Å². The zero-order valence-corrected chi connectivity index (χ0v) is 17.7. The Balaban J connectivity index is 0.000000547. The van der Waals surface area contributed by atoms with E-state index in [1.807, 2.05) is 0 Å². The Kier molecular flexibility index (Phi) is 11.2. The van der Waals surface area contributed by atoms with Crippen molar-refractivity contribution in [1.29, 1.82) is 0 Å². The molecule has 1 nitrogen and oxygen atoms in total. The molecular weight excluding hydrogens is 543 g/mol. The Labute approximate surface area is 156 Å². The molecule has 144 valence electrons. The van der Waals surface area contributed by atoms with E-state index < -0.39 is 23.5 Å². The Morgan fingerprint density at radius 1 is 0.800 bits per heavy atom. The van der Waals surface area contributed by atoms with Crippen LogP contribution < -0.4 is 5.11 Å². The summed E-state index contributed by atoms with van der Waals surface area (Å²) in [7, 11) is 0. The van der Waals surface area contributed by atoms with Crippen molar-refractivity contribution in [3.63, 3.8) is 0 Å². The van der Waals surface area contributed by atoms with Crippen molar-refractivity contribution < 1.29 is 31.4 Å². The third-order valence-electron chi connectivity index (χ3n) is 3.32. The van der Waals surface area contributed by atoms with E-state index in [-0.39, 0.29) is 23.2 Å². The summed E-state index contributed by atoms with van der Waals surface area (Å²) in [5.41, 5.74) is -6.45. The first-order valence-electron chi connectivity index (χ1n) is 8.05. The van der Waals surface area contributed by atoms with E-state index in [0.717, 1.165) is 12.1 Å². The standard InChI is InChI=1S/C9H5F6O.2C4H9.Bi/c10-8(11,12)7(16,9(13,14)15)6-4-2-1-3-5-6;2*1-3-4-2;/h1-5H;2*1,3-4H2,2H3;/q-1;;;+1. The molecule has 0 spiro atoms. The van der Waals surface area contributed by atoms with Crippen molar-refractivity contribution in [2.75, 3.05) is 0 Å². The molecule has 1 aromatic carbocycles. The second-order valence-electron chi connectivity index (χ2n) is 5.42. The molecule has 0 saturated heterocycles. The quantitative estimate of drug-likeness (QED) is 0.243. The molecule has 0 heterocycles. The molecule has 0 aliphatic rings. The van der Waals surface area contributed by atoms with Crippen LogP contribution in [0.5, 0.6) is 0 Å². The molecule has 0 saturated carbocycles. The van der Waals surface area contributed by atoms with E-state index >= 15 is 0 Å². The Morgan fingerprint density at radius 3 is 1.52 bits per heavy atom. The minimum absolute atomic E-state index is 0.0681. The van der Waals surface area contributed by atoms with E-state index in [1.54, 1.807) is 8.26 Å². The predicted molar refractivity (Wildman–Crippen MR) is 85.4 cm³/mol.